The van der Waals surface area contributed by atoms with E-state index in [1.165, 1.54) is 26.4 Å². The summed E-state index contributed by atoms with van der Waals surface area (Å²) in [5, 5.41) is 10.6. The summed E-state index contributed by atoms with van der Waals surface area (Å²) in [6.45, 7) is 11.6. The molecule has 0 unspecified atom stereocenters. The maximum absolute atomic E-state index is 13.6. The van der Waals surface area contributed by atoms with E-state index in [2.05, 4.69) is 37.9 Å². The number of ether oxygens (including phenoxy) is 1. The molecule has 3 aromatic carbocycles. The van der Waals surface area contributed by atoms with Gasteiger partial charge in [-0.25, -0.2) is 4.79 Å². The van der Waals surface area contributed by atoms with Gasteiger partial charge in [0.1, 0.15) is 0 Å². The molecule has 2 saturated heterocycles. The molecule has 11 heteroatoms. The highest BCUT2D eigenvalue weighted by Gasteiger charge is 2.28. The molecule has 51 heavy (non-hydrogen) atoms. The molecule has 4 aromatic rings. The van der Waals surface area contributed by atoms with E-state index in [4.69, 9.17) is 9.72 Å². The smallest absolute Gasteiger partial charge is 0.323 e. The highest BCUT2D eigenvalue weighted by Crippen LogP contribution is 2.39. The van der Waals surface area contributed by atoms with Gasteiger partial charge in [0.25, 0.3) is 0 Å². The number of methoxy groups -OCH3 is 1. The number of piperidine rings is 1. The molecule has 6 rings (SSSR count). The van der Waals surface area contributed by atoms with Gasteiger partial charge >= 0.3 is 17.8 Å². The molecule has 4 amide bonds. The van der Waals surface area contributed by atoms with Crippen LogP contribution in [-0.4, -0.2) is 91.0 Å². The number of benzene rings is 3. The number of rotatable bonds is 7. The largest absolute Gasteiger partial charge is 0.492 e. The lowest BCUT2D eigenvalue weighted by atomic mass is 9.86. The van der Waals surface area contributed by atoms with Crippen molar-refractivity contribution >= 4 is 45.7 Å². The van der Waals surface area contributed by atoms with Crippen LogP contribution in [-0.2, 0) is 21.5 Å². The number of amides is 4. The molecule has 2 aliphatic heterocycles. The van der Waals surface area contributed by atoms with E-state index < -0.39 is 17.8 Å². The minimum Gasteiger partial charge on any atom is -0.492 e. The Balaban J connectivity index is 1.22. The maximum Gasteiger partial charge on any atom is 0.323 e. The minimum atomic E-state index is -0.752. The van der Waals surface area contributed by atoms with E-state index in [-0.39, 0.29) is 11.2 Å². The second-order valence-corrected chi connectivity index (χ2v) is 14.6. The highest BCUT2D eigenvalue weighted by atomic mass is 16.5. The topological polar surface area (TPSA) is 119 Å². The van der Waals surface area contributed by atoms with E-state index >= 15 is 0 Å². The molecule has 1 aromatic heterocycles. The first-order chi connectivity index (χ1) is 24.5. The summed E-state index contributed by atoms with van der Waals surface area (Å²) >= 11 is 0. The molecular formula is C40H49N7O4. The number of likely N-dealkylation sites (tertiary alicyclic amines) is 1. The number of anilines is 3. The van der Waals surface area contributed by atoms with Gasteiger partial charge in [0, 0.05) is 49.9 Å². The van der Waals surface area contributed by atoms with E-state index in [9.17, 15) is 14.4 Å². The molecule has 3 N–H and O–H groups in total. The summed E-state index contributed by atoms with van der Waals surface area (Å²) in [6.07, 6.45) is 5.74. The Kier molecular flexibility index (Phi) is 10.9. The van der Waals surface area contributed by atoms with Gasteiger partial charge in [0.05, 0.1) is 29.9 Å². The SMILES string of the molecule is COc1c(NC(=O)Nc2ccc(-c3ccc(CN4CCCCC4)nc3)c3ccccc23)cc(C(C)(C)C)cc1NC(=O)C(=O)N1CCN(C)CC1. The Labute approximate surface area is 300 Å². The van der Waals surface area contributed by atoms with Crippen LogP contribution < -0.4 is 20.7 Å². The molecular weight excluding hydrogens is 642 g/mol. The number of carbonyl (C=O) groups is 3. The van der Waals surface area contributed by atoms with Gasteiger partial charge in [-0.15, -0.1) is 0 Å². The molecule has 2 aliphatic rings. The Morgan fingerprint density at radius 2 is 1.45 bits per heavy atom. The minimum absolute atomic E-state index is 0.245. The fourth-order valence-corrected chi connectivity index (χ4v) is 6.76. The molecule has 2 fully saturated rings. The van der Waals surface area contributed by atoms with Crippen LogP contribution in [0, 0.1) is 0 Å². The molecule has 0 saturated carbocycles. The van der Waals surface area contributed by atoms with Crippen molar-refractivity contribution in [2.45, 2.75) is 52.0 Å². The number of fused-ring (bicyclic) bond motifs is 1. The highest BCUT2D eigenvalue weighted by molar-refractivity contribution is 6.39. The van der Waals surface area contributed by atoms with E-state index in [1.54, 1.807) is 11.0 Å². The van der Waals surface area contributed by atoms with Gasteiger partial charge in [-0.3, -0.25) is 19.5 Å². The molecule has 0 spiro atoms. The van der Waals surface area contributed by atoms with Gasteiger partial charge < -0.3 is 30.5 Å². The first-order valence-electron chi connectivity index (χ1n) is 17.8. The van der Waals surface area contributed by atoms with Gasteiger partial charge in [-0.05, 0) is 79.2 Å². The van der Waals surface area contributed by atoms with E-state index in [1.807, 2.05) is 76.5 Å². The van der Waals surface area contributed by atoms with Crippen molar-refractivity contribution in [3.05, 3.63) is 78.1 Å². The Morgan fingerprint density at radius 1 is 0.784 bits per heavy atom. The molecule has 0 aliphatic carbocycles. The molecule has 11 nitrogen and oxygen atoms in total. The lowest BCUT2D eigenvalue weighted by molar-refractivity contribution is -0.144. The van der Waals surface area contributed by atoms with Crippen molar-refractivity contribution in [1.82, 2.24) is 19.7 Å². The monoisotopic (exact) mass is 691 g/mol. The van der Waals surface area contributed by atoms with E-state index in [0.717, 1.165) is 52.8 Å². The normalized spacial score (nSPS) is 15.7. The van der Waals surface area contributed by atoms with Gasteiger partial charge in [0.15, 0.2) is 5.75 Å². The zero-order valence-corrected chi connectivity index (χ0v) is 30.3. The van der Waals surface area contributed by atoms with Crippen LogP contribution >= 0.6 is 0 Å². The van der Waals surface area contributed by atoms with Gasteiger partial charge in [-0.2, -0.15) is 0 Å². The van der Waals surface area contributed by atoms with Crippen molar-refractivity contribution in [3.63, 3.8) is 0 Å². The van der Waals surface area contributed by atoms with Gasteiger partial charge in [-0.1, -0.05) is 63.6 Å². The molecule has 0 bridgehead atoms. The summed E-state index contributed by atoms with van der Waals surface area (Å²) in [4.78, 5) is 50.8. The summed E-state index contributed by atoms with van der Waals surface area (Å²) < 4.78 is 5.72. The van der Waals surface area contributed by atoms with Crippen molar-refractivity contribution < 1.29 is 19.1 Å². The van der Waals surface area contributed by atoms with E-state index in [0.29, 0.717) is 43.2 Å². The number of hydrogen-bond acceptors (Lipinski definition) is 7. The number of nitrogens with one attached hydrogen (secondary N) is 3. The molecule has 3 heterocycles. The number of aromatic nitrogens is 1. The second kappa shape index (κ2) is 15.5. The van der Waals surface area contributed by atoms with Crippen molar-refractivity contribution in [1.29, 1.82) is 0 Å². The molecule has 0 radical (unpaired) electrons. The Morgan fingerprint density at radius 3 is 2.10 bits per heavy atom. The zero-order chi connectivity index (χ0) is 36.1. The quantitative estimate of drug-likeness (QED) is 0.188. The third kappa shape index (κ3) is 8.49. The standard InChI is InChI=1S/C40H49N7O4/c1-40(2,3)28-23-34(42-37(48)38(49)47-21-19-45(4)20-22-47)36(51-5)35(24-28)44-39(50)43-33-16-15-30(31-11-7-8-12-32(31)33)27-13-14-29(41-25-27)26-46-17-9-6-10-18-46/h7-8,11-16,23-25H,6,9-10,17-22,26H2,1-5H3,(H,42,48)(H2,43,44,50). The number of likely N-dealkylation sites (N-methyl/N-ethyl adjacent to an activating group) is 1. The first-order valence-corrected chi connectivity index (χ1v) is 17.8. The fourth-order valence-electron chi connectivity index (χ4n) is 6.76. The molecule has 0 atom stereocenters. The fraction of sp³-hybridized carbons (Fsp3) is 0.400. The van der Waals surface area contributed by atoms with Crippen molar-refractivity contribution in [2.75, 3.05) is 69.4 Å². The summed E-state index contributed by atoms with van der Waals surface area (Å²) in [5.41, 5.74) is 4.90. The first kappa shape index (κ1) is 35.8. The van der Waals surface area contributed by atoms with Gasteiger partial charge in [0.2, 0.25) is 0 Å². The predicted octanol–water partition coefficient (Wildman–Crippen LogP) is 6.55. The third-order valence-electron chi connectivity index (χ3n) is 9.78. The number of hydrogen-bond donors (Lipinski definition) is 3. The van der Waals surface area contributed by atoms with Crippen LogP contribution in [0.5, 0.6) is 5.75 Å². The van der Waals surface area contributed by atoms with Crippen LogP contribution in [0.1, 0.15) is 51.3 Å². The lowest BCUT2D eigenvalue weighted by Gasteiger charge is -2.32. The van der Waals surface area contributed by atoms with Crippen molar-refractivity contribution in [2.24, 2.45) is 0 Å². The summed E-state index contributed by atoms with van der Waals surface area (Å²) in [7, 11) is 3.45. The number of nitrogens with zero attached hydrogens (tertiary/aromatic N) is 4. The lowest BCUT2D eigenvalue weighted by Crippen LogP contribution is -2.50. The maximum atomic E-state index is 13.6. The second-order valence-electron chi connectivity index (χ2n) is 14.6. The average Bonchev–Trinajstić information content (AvgIpc) is 3.12. The number of piperazine rings is 1. The Hall–Kier alpha value is -5.00. The third-order valence-corrected chi connectivity index (χ3v) is 9.78. The van der Waals surface area contributed by atoms with Crippen LogP contribution in [0.3, 0.4) is 0 Å². The summed E-state index contributed by atoms with van der Waals surface area (Å²) in [5.74, 6) is -1.11. The summed E-state index contributed by atoms with van der Waals surface area (Å²) in [6, 6.07) is 19.2. The average molecular weight is 692 g/mol. The number of pyridine rings is 1. The predicted molar refractivity (Wildman–Crippen MR) is 203 cm³/mol. The number of carbonyl (C=O) groups excluding carboxylic acids is 3. The van der Waals surface area contributed by atoms with Crippen LogP contribution in [0.25, 0.3) is 21.9 Å². The number of urea groups is 1. The van der Waals surface area contributed by atoms with Crippen LogP contribution in [0.2, 0.25) is 0 Å². The Bertz CT molecular complexity index is 1890. The van der Waals surface area contributed by atoms with Crippen molar-refractivity contribution in [3.8, 4) is 16.9 Å². The zero-order valence-electron chi connectivity index (χ0n) is 30.3. The van der Waals surface area contributed by atoms with Crippen LogP contribution in [0.4, 0.5) is 21.9 Å². The molecule has 268 valence electrons. The van der Waals surface area contributed by atoms with Crippen LogP contribution in [0.15, 0.2) is 66.9 Å².